The van der Waals surface area contributed by atoms with Crippen LogP contribution in [0.1, 0.15) is 15.6 Å². The van der Waals surface area contributed by atoms with Crippen molar-refractivity contribution in [1.82, 2.24) is 19.4 Å². The summed E-state index contributed by atoms with van der Waals surface area (Å²) in [6.45, 7) is 5.22. The Labute approximate surface area is 214 Å². The van der Waals surface area contributed by atoms with Crippen molar-refractivity contribution in [2.75, 3.05) is 62.3 Å². The van der Waals surface area contributed by atoms with Crippen LogP contribution in [0.4, 0.5) is 29.2 Å². The Balaban J connectivity index is 1.37. The summed E-state index contributed by atoms with van der Waals surface area (Å²) in [6, 6.07) is 8.74. The van der Waals surface area contributed by atoms with Crippen LogP contribution in [-0.4, -0.2) is 71.9 Å². The van der Waals surface area contributed by atoms with Gasteiger partial charge in [-0.2, -0.15) is 23.1 Å². The predicted molar refractivity (Wildman–Crippen MR) is 132 cm³/mol. The highest BCUT2D eigenvalue weighted by Crippen LogP contribution is 2.34. The third-order valence-corrected chi connectivity index (χ3v) is 7.56. The van der Waals surface area contributed by atoms with E-state index in [2.05, 4.69) is 14.8 Å². The molecule has 0 radical (unpaired) electrons. The lowest BCUT2D eigenvalue weighted by Crippen LogP contribution is -2.48. The number of anilines is 2. The minimum absolute atomic E-state index is 0.0299. The Kier molecular flexibility index (Phi) is 7.45. The maximum atomic E-state index is 13.3. The molecular formula is C24H26F4N6O2S. The molecule has 0 N–H and O–H groups in total. The number of hydrogen-bond donors (Lipinski definition) is 0. The first kappa shape index (κ1) is 25.6. The van der Waals surface area contributed by atoms with Crippen molar-refractivity contribution in [1.29, 1.82) is 0 Å². The normalized spacial score (nSPS) is 17.4. The molecule has 0 spiro atoms. The molecule has 0 amide bonds. The Hall–Kier alpha value is -3.03. The summed E-state index contributed by atoms with van der Waals surface area (Å²) in [4.78, 5) is 27.9. The van der Waals surface area contributed by atoms with Gasteiger partial charge in [-0.05, 0) is 36.4 Å². The number of alkyl halides is 3. The van der Waals surface area contributed by atoms with Gasteiger partial charge in [-0.3, -0.25) is 9.47 Å². The molecule has 2 saturated heterocycles. The highest BCUT2D eigenvalue weighted by molar-refractivity contribution is 7.12. The number of halogens is 4. The van der Waals surface area contributed by atoms with Gasteiger partial charge in [-0.15, -0.1) is 11.3 Å². The van der Waals surface area contributed by atoms with Crippen molar-refractivity contribution in [2.24, 2.45) is 0 Å². The standard InChI is InChI=1S/C24H26F4N6O2S/c25-17-1-3-18(4-2-17)32-7-9-33(10-8-32)22-29-21(16-31-11-13-36-14-12-31)34(23(35)30-22)15-19-5-6-20(37-19)24(26,27)28/h1-6H,7-16H2. The van der Waals surface area contributed by atoms with Crippen molar-refractivity contribution < 1.29 is 22.3 Å². The van der Waals surface area contributed by atoms with Crippen LogP contribution >= 0.6 is 11.3 Å². The van der Waals surface area contributed by atoms with E-state index in [1.165, 1.54) is 22.8 Å². The summed E-state index contributed by atoms with van der Waals surface area (Å²) in [5, 5.41) is 0. The molecule has 4 heterocycles. The molecule has 0 unspecified atom stereocenters. The molecule has 2 fully saturated rings. The summed E-state index contributed by atoms with van der Waals surface area (Å²) in [5.74, 6) is 0.478. The highest BCUT2D eigenvalue weighted by atomic mass is 32.1. The van der Waals surface area contributed by atoms with E-state index in [9.17, 15) is 22.4 Å². The van der Waals surface area contributed by atoms with Gasteiger partial charge in [-0.25, -0.2) is 9.18 Å². The molecular weight excluding hydrogens is 512 g/mol. The molecule has 0 atom stereocenters. The van der Waals surface area contributed by atoms with E-state index in [1.807, 2.05) is 4.90 Å². The lowest BCUT2D eigenvalue weighted by molar-refractivity contribution is -0.134. The summed E-state index contributed by atoms with van der Waals surface area (Å²) in [5.41, 5.74) is 0.371. The zero-order chi connectivity index (χ0) is 26.0. The molecule has 37 heavy (non-hydrogen) atoms. The van der Waals surface area contributed by atoms with E-state index in [0.29, 0.717) is 87.0 Å². The summed E-state index contributed by atoms with van der Waals surface area (Å²) >= 11 is 0.616. The van der Waals surface area contributed by atoms with Crippen LogP contribution < -0.4 is 15.5 Å². The molecule has 0 aliphatic carbocycles. The van der Waals surface area contributed by atoms with Crippen LogP contribution in [0.3, 0.4) is 0 Å². The number of thiophene rings is 1. The van der Waals surface area contributed by atoms with Crippen molar-refractivity contribution in [3.05, 3.63) is 68.3 Å². The number of benzene rings is 1. The van der Waals surface area contributed by atoms with E-state index in [1.54, 1.807) is 12.1 Å². The minimum atomic E-state index is -4.43. The van der Waals surface area contributed by atoms with E-state index in [4.69, 9.17) is 9.72 Å². The number of morpholine rings is 1. The van der Waals surface area contributed by atoms with Gasteiger partial charge in [0.1, 0.15) is 16.5 Å². The second kappa shape index (κ2) is 10.8. The third-order valence-electron chi connectivity index (χ3n) is 6.45. The molecule has 13 heteroatoms. The molecule has 0 bridgehead atoms. The average molecular weight is 539 g/mol. The molecule has 5 rings (SSSR count). The monoisotopic (exact) mass is 538 g/mol. The Morgan fingerprint density at radius 2 is 1.54 bits per heavy atom. The topological polar surface area (TPSA) is 66.7 Å². The van der Waals surface area contributed by atoms with Gasteiger partial charge in [0.2, 0.25) is 5.95 Å². The van der Waals surface area contributed by atoms with E-state index in [0.717, 1.165) is 11.8 Å². The summed E-state index contributed by atoms with van der Waals surface area (Å²) in [6.07, 6.45) is -4.43. The maximum Gasteiger partial charge on any atom is 0.425 e. The van der Waals surface area contributed by atoms with Gasteiger partial charge in [0.15, 0.2) is 0 Å². The first-order valence-corrected chi connectivity index (χ1v) is 12.8. The molecule has 2 aliphatic rings. The van der Waals surface area contributed by atoms with E-state index < -0.39 is 16.7 Å². The van der Waals surface area contributed by atoms with Gasteiger partial charge < -0.3 is 14.5 Å². The first-order chi connectivity index (χ1) is 17.8. The van der Waals surface area contributed by atoms with Crippen LogP contribution in [0.5, 0.6) is 0 Å². The van der Waals surface area contributed by atoms with Crippen LogP contribution in [0.2, 0.25) is 0 Å². The zero-order valence-electron chi connectivity index (χ0n) is 20.0. The van der Waals surface area contributed by atoms with Crippen molar-refractivity contribution in [3.8, 4) is 0 Å². The first-order valence-electron chi connectivity index (χ1n) is 12.0. The van der Waals surface area contributed by atoms with Gasteiger partial charge >= 0.3 is 11.9 Å². The number of hydrogen-bond acceptors (Lipinski definition) is 8. The second-order valence-corrected chi connectivity index (χ2v) is 10.1. The minimum Gasteiger partial charge on any atom is -0.379 e. The zero-order valence-corrected chi connectivity index (χ0v) is 20.8. The molecule has 2 aliphatic heterocycles. The molecule has 3 aromatic rings. The Morgan fingerprint density at radius 3 is 2.19 bits per heavy atom. The fraction of sp³-hybridized carbons (Fsp3) is 0.458. The highest BCUT2D eigenvalue weighted by Gasteiger charge is 2.32. The number of ether oxygens (including phenoxy) is 1. The quantitative estimate of drug-likeness (QED) is 0.447. The number of nitrogens with zero attached hydrogens (tertiary/aromatic N) is 6. The van der Waals surface area contributed by atoms with Gasteiger partial charge in [0, 0.05) is 49.8 Å². The molecule has 2 aromatic heterocycles. The van der Waals surface area contributed by atoms with E-state index in [-0.39, 0.29) is 12.4 Å². The Bertz CT molecular complexity index is 1270. The van der Waals surface area contributed by atoms with Crippen molar-refractivity contribution in [3.63, 3.8) is 0 Å². The fourth-order valence-electron chi connectivity index (χ4n) is 4.43. The summed E-state index contributed by atoms with van der Waals surface area (Å²) in [7, 11) is 0. The molecule has 198 valence electrons. The fourth-order valence-corrected chi connectivity index (χ4v) is 5.29. The van der Waals surface area contributed by atoms with Crippen LogP contribution in [-0.2, 0) is 24.0 Å². The van der Waals surface area contributed by atoms with Crippen LogP contribution in [0.25, 0.3) is 0 Å². The molecule has 0 saturated carbocycles. The van der Waals surface area contributed by atoms with Crippen LogP contribution in [0.15, 0.2) is 41.2 Å². The van der Waals surface area contributed by atoms with Crippen molar-refractivity contribution >= 4 is 23.0 Å². The lowest BCUT2D eigenvalue weighted by atomic mass is 10.2. The number of piperazine rings is 1. The smallest absolute Gasteiger partial charge is 0.379 e. The lowest BCUT2D eigenvalue weighted by Gasteiger charge is -2.36. The predicted octanol–water partition coefficient (Wildman–Crippen LogP) is 3.06. The largest absolute Gasteiger partial charge is 0.425 e. The number of aromatic nitrogens is 3. The summed E-state index contributed by atoms with van der Waals surface area (Å²) < 4.78 is 59.3. The molecule has 8 nitrogen and oxygen atoms in total. The average Bonchev–Trinajstić information content (AvgIpc) is 3.37. The van der Waals surface area contributed by atoms with Crippen LogP contribution in [0, 0.1) is 5.82 Å². The van der Waals surface area contributed by atoms with Gasteiger partial charge in [0.25, 0.3) is 0 Å². The maximum absolute atomic E-state index is 13.3. The second-order valence-electron chi connectivity index (χ2n) is 8.91. The van der Waals surface area contributed by atoms with Crippen molar-refractivity contribution in [2.45, 2.75) is 19.3 Å². The third kappa shape index (κ3) is 6.11. The molecule has 1 aromatic carbocycles. The van der Waals surface area contributed by atoms with E-state index >= 15 is 0 Å². The van der Waals surface area contributed by atoms with Gasteiger partial charge in [0.05, 0.1) is 26.3 Å². The Morgan fingerprint density at radius 1 is 0.865 bits per heavy atom. The van der Waals surface area contributed by atoms with Gasteiger partial charge in [-0.1, -0.05) is 0 Å². The SMILES string of the molecule is O=c1nc(N2CCN(c3ccc(F)cc3)CC2)nc(CN2CCOCC2)n1Cc1ccc(C(F)(F)F)s1. The number of rotatable bonds is 6.